The van der Waals surface area contributed by atoms with Crippen molar-refractivity contribution in [2.24, 2.45) is 0 Å². The van der Waals surface area contributed by atoms with E-state index in [-0.39, 0.29) is 17.0 Å². The number of hydrogen-bond donors (Lipinski definition) is 1. The molecule has 1 N–H and O–H groups in total. The van der Waals surface area contributed by atoms with Gasteiger partial charge in [-0.25, -0.2) is 4.39 Å². The minimum absolute atomic E-state index is 0.0354. The van der Waals surface area contributed by atoms with Gasteiger partial charge in [0.25, 0.3) is 0 Å². The van der Waals surface area contributed by atoms with Gasteiger partial charge in [0.05, 0.1) is 23.2 Å². The quantitative estimate of drug-likeness (QED) is 0.890. The minimum Gasteiger partial charge on any atom is -0.378 e. The molecule has 1 aliphatic rings. The van der Waals surface area contributed by atoms with Gasteiger partial charge in [0, 0.05) is 11.1 Å². The van der Waals surface area contributed by atoms with E-state index < -0.39 is 5.82 Å². The number of anilines is 1. The van der Waals surface area contributed by atoms with Crippen molar-refractivity contribution >= 4 is 39.1 Å². The summed E-state index contributed by atoms with van der Waals surface area (Å²) in [5.41, 5.74) is 0.392. The Hall–Kier alpha value is -0.650. The van der Waals surface area contributed by atoms with Gasteiger partial charge in [-0.15, -0.1) is 0 Å². The molecule has 0 saturated carbocycles. The highest BCUT2D eigenvalue weighted by atomic mass is 79.9. The van der Waals surface area contributed by atoms with Gasteiger partial charge in [0.1, 0.15) is 5.82 Å². The Morgan fingerprint density at radius 3 is 2.95 bits per heavy atom. The molecule has 1 amide bonds. The molecule has 1 saturated heterocycles. The van der Waals surface area contributed by atoms with Crippen LogP contribution in [0.25, 0.3) is 0 Å². The zero-order valence-electron chi connectivity index (χ0n) is 10.2. The summed E-state index contributed by atoms with van der Waals surface area (Å²) in [7, 11) is 0. The van der Waals surface area contributed by atoms with Gasteiger partial charge in [0.15, 0.2) is 0 Å². The van der Waals surface area contributed by atoms with E-state index in [1.165, 1.54) is 12.1 Å². The van der Waals surface area contributed by atoms with Crippen LogP contribution in [0.5, 0.6) is 0 Å². The highest BCUT2D eigenvalue weighted by molar-refractivity contribution is 9.10. The maximum absolute atomic E-state index is 13.1. The first-order chi connectivity index (χ1) is 9.06. The number of carbonyl (C=O) groups excluding carboxylic acids is 1. The van der Waals surface area contributed by atoms with Gasteiger partial charge >= 0.3 is 0 Å². The summed E-state index contributed by atoms with van der Waals surface area (Å²) in [6.07, 6.45) is 3.28. The van der Waals surface area contributed by atoms with Gasteiger partial charge in [0.2, 0.25) is 5.91 Å². The van der Waals surface area contributed by atoms with Gasteiger partial charge in [-0.1, -0.05) is 11.6 Å². The summed E-state index contributed by atoms with van der Waals surface area (Å²) < 4.78 is 19.0. The van der Waals surface area contributed by atoms with Crippen molar-refractivity contribution in [3.63, 3.8) is 0 Å². The van der Waals surface area contributed by atoms with E-state index in [4.69, 9.17) is 16.3 Å². The van der Waals surface area contributed by atoms with E-state index in [2.05, 4.69) is 21.2 Å². The summed E-state index contributed by atoms with van der Waals surface area (Å²) >= 11 is 9.09. The van der Waals surface area contributed by atoms with Crippen molar-refractivity contribution in [1.29, 1.82) is 0 Å². The van der Waals surface area contributed by atoms with Gasteiger partial charge in [-0.05, 0) is 47.3 Å². The molecule has 1 aromatic rings. The van der Waals surface area contributed by atoms with Crippen LogP contribution >= 0.6 is 27.5 Å². The summed E-state index contributed by atoms with van der Waals surface area (Å²) in [6.45, 7) is 0.707. The SMILES string of the molecule is O=C(CC1CCCCO1)Nc1c(Cl)cc(F)cc1Br. The highest BCUT2D eigenvalue weighted by Gasteiger charge is 2.19. The van der Waals surface area contributed by atoms with Crippen LogP contribution in [-0.2, 0) is 9.53 Å². The molecule has 1 heterocycles. The molecular formula is C13H14BrClFNO2. The molecule has 0 bridgehead atoms. The largest absolute Gasteiger partial charge is 0.378 e. The van der Waals surface area contributed by atoms with Gasteiger partial charge < -0.3 is 10.1 Å². The Balaban J connectivity index is 1.98. The number of amides is 1. The molecule has 104 valence electrons. The maximum atomic E-state index is 13.1. The standard InChI is InChI=1S/C13H14BrClFNO2/c14-10-5-8(16)6-11(15)13(10)17-12(18)7-9-3-1-2-4-19-9/h5-6,9H,1-4,7H2,(H,17,18). The molecule has 6 heteroatoms. The van der Waals surface area contributed by atoms with Gasteiger partial charge in [-0.2, -0.15) is 0 Å². The van der Waals surface area contributed by atoms with Crippen LogP contribution < -0.4 is 5.32 Å². The lowest BCUT2D eigenvalue weighted by Crippen LogP contribution is -2.25. The molecule has 1 atom stereocenters. The first kappa shape index (κ1) is 14.8. The fourth-order valence-electron chi connectivity index (χ4n) is 2.03. The topological polar surface area (TPSA) is 38.3 Å². The maximum Gasteiger partial charge on any atom is 0.227 e. The van der Waals surface area contributed by atoms with Crippen molar-refractivity contribution in [3.8, 4) is 0 Å². The van der Waals surface area contributed by atoms with Crippen molar-refractivity contribution in [2.45, 2.75) is 31.8 Å². The molecule has 1 aromatic carbocycles. The van der Waals surface area contributed by atoms with E-state index >= 15 is 0 Å². The number of ether oxygens (including phenoxy) is 1. The lowest BCUT2D eigenvalue weighted by atomic mass is 10.1. The number of hydrogen-bond acceptors (Lipinski definition) is 2. The number of rotatable bonds is 3. The van der Waals surface area contributed by atoms with E-state index in [0.717, 1.165) is 19.3 Å². The van der Waals surface area contributed by atoms with Crippen LogP contribution in [-0.4, -0.2) is 18.6 Å². The minimum atomic E-state index is -0.453. The summed E-state index contributed by atoms with van der Waals surface area (Å²) in [6, 6.07) is 2.43. The molecule has 3 nitrogen and oxygen atoms in total. The predicted octanol–water partition coefficient (Wildman–Crippen LogP) is 4.14. The van der Waals surface area contributed by atoms with Crippen LogP contribution in [0.15, 0.2) is 16.6 Å². The van der Waals surface area contributed by atoms with Crippen molar-refractivity contribution in [1.82, 2.24) is 0 Å². The number of benzene rings is 1. The Labute approximate surface area is 124 Å². The molecule has 1 fully saturated rings. The molecule has 1 aliphatic heterocycles. The Morgan fingerprint density at radius 1 is 1.53 bits per heavy atom. The van der Waals surface area contributed by atoms with E-state index in [0.29, 0.717) is 23.2 Å². The van der Waals surface area contributed by atoms with Crippen molar-refractivity contribution < 1.29 is 13.9 Å². The molecule has 0 radical (unpaired) electrons. The smallest absolute Gasteiger partial charge is 0.227 e. The van der Waals surface area contributed by atoms with Crippen LogP contribution in [0.2, 0.25) is 5.02 Å². The zero-order valence-corrected chi connectivity index (χ0v) is 12.6. The average molecular weight is 351 g/mol. The fourth-order valence-corrected chi connectivity index (χ4v) is 2.93. The Bertz CT molecular complexity index is 455. The van der Waals surface area contributed by atoms with E-state index in [9.17, 15) is 9.18 Å². The van der Waals surface area contributed by atoms with E-state index in [1.54, 1.807) is 0 Å². The van der Waals surface area contributed by atoms with Crippen molar-refractivity contribution in [2.75, 3.05) is 11.9 Å². The molecule has 2 rings (SSSR count). The lowest BCUT2D eigenvalue weighted by molar-refractivity contribution is -0.119. The third-order valence-corrected chi connectivity index (χ3v) is 3.88. The molecule has 0 spiro atoms. The monoisotopic (exact) mass is 349 g/mol. The highest BCUT2D eigenvalue weighted by Crippen LogP contribution is 2.32. The third kappa shape index (κ3) is 4.16. The Kier molecular flexibility index (Phi) is 5.19. The lowest BCUT2D eigenvalue weighted by Gasteiger charge is -2.22. The van der Waals surface area contributed by atoms with E-state index in [1.807, 2.05) is 0 Å². The molecule has 0 aliphatic carbocycles. The third-order valence-electron chi connectivity index (χ3n) is 2.96. The van der Waals surface area contributed by atoms with Crippen LogP contribution in [0.1, 0.15) is 25.7 Å². The first-order valence-electron chi connectivity index (χ1n) is 6.12. The second kappa shape index (κ2) is 6.68. The van der Waals surface area contributed by atoms with Gasteiger partial charge in [-0.3, -0.25) is 4.79 Å². The summed E-state index contributed by atoms with van der Waals surface area (Å²) in [5.74, 6) is -0.633. The molecule has 0 aromatic heterocycles. The summed E-state index contributed by atoms with van der Waals surface area (Å²) in [4.78, 5) is 11.9. The Morgan fingerprint density at radius 2 is 2.32 bits per heavy atom. The number of halogens is 3. The average Bonchev–Trinajstić information content (AvgIpc) is 2.35. The predicted molar refractivity (Wildman–Crippen MR) is 75.9 cm³/mol. The fraction of sp³-hybridized carbons (Fsp3) is 0.462. The zero-order chi connectivity index (χ0) is 13.8. The second-order valence-electron chi connectivity index (χ2n) is 4.49. The number of nitrogens with one attached hydrogen (secondary N) is 1. The molecule has 19 heavy (non-hydrogen) atoms. The first-order valence-corrected chi connectivity index (χ1v) is 7.29. The van der Waals surface area contributed by atoms with Crippen LogP contribution in [0, 0.1) is 5.82 Å². The molecular weight excluding hydrogens is 337 g/mol. The summed E-state index contributed by atoms with van der Waals surface area (Å²) in [5, 5.41) is 2.86. The molecule has 1 unspecified atom stereocenters. The van der Waals surface area contributed by atoms with Crippen LogP contribution in [0.3, 0.4) is 0 Å². The normalized spacial score (nSPS) is 19.2. The van der Waals surface area contributed by atoms with Crippen molar-refractivity contribution in [3.05, 3.63) is 27.4 Å². The second-order valence-corrected chi connectivity index (χ2v) is 5.75. The van der Waals surface area contributed by atoms with Crippen LogP contribution in [0.4, 0.5) is 10.1 Å². The number of carbonyl (C=O) groups is 1.